The van der Waals surface area contributed by atoms with Crippen LogP contribution in [0.4, 0.5) is 4.39 Å². The molecule has 3 saturated heterocycles. The molecular formula is C34H55FN6O2+2. The maximum absolute atomic E-state index is 14.5. The zero-order valence-electron chi connectivity index (χ0n) is 27.0. The molecule has 1 spiro atoms. The molecule has 1 aromatic rings. The average molecular weight is 599 g/mol. The zero-order valence-corrected chi connectivity index (χ0v) is 27.0. The molecule has 9 heteroatoms. The van der Waals surface area contributed by atoms with Crippen molar-refractivity contribution in [1.82, 2.24) is 15.5 Å². The minimum Gasteiger partial charge on any atom is -0.378 e. The monoisotopic (exact) mass is 598 g/mol. The predicted molar refractivity (Wildman–Crippen MR) is 170 cm³/mol. The number of allylic oxidation sites excluding steroid dienone is 1. The van der Waals surface area contributed by atoms with Crippen LogP contribution in [0.25, 0.3) is 0 Å². The number of quaternary nitrogens is 1. The molecule has 1 aromatic carbocycles. The number of benzene rings is 1. The summed E-state index contributed by atoms with van der Waals surface area (Å²) in [6.07, 6.45) is 6.73. The highest BCUT2D eigenvalue weighted by Gasteiger charge is 2.49. The number of piperidine rings is 1. The number of alkyl halides is 1. The van der Waals surface area contributed by atoms with Crippen molar-refractivity contribution in [3.05, 3.63) is 47.2 Å². The van der Waals surface area contributed by atoms with Crippen molar-refractivity contribution < 1.29 is 23.0 Å². The first-order valence-corrected chi connectivity index (χ1v) is 16.6. The first-order chi connectivity index (χ1) is 20.7. The van der Waals surface area contributed by atoms with Crippen LogP contribution in [-0.4, -0.2) is 110 Å². The molecule has 0 saturated carbocycles. The van der Waals surface area contributed by atoms with Gasteiger partial charge in [0.15, 0.2) is 18.4 Å². The minimum absolute atomic E-state index is 0.00316. The second-order valence-corrected chi connectivity index (χ2v) is 13.6. The Labute approximate surface area is 258 Å². The van der Waals surface area contributed by atoms with Gasteiger partial charge < -0.3 is 25.6 Å². The zero-order chi connectivity index (χ0) is 30.7. The summed E-state index contributed by atoms with van der Waals surface area (Å²) < 4.78 is 23.2. The fourth-order valence-corrected chi connectivity index (χ4v) is 8.08. The van der Waals surface area contributed by atoms with Gasteiger partial charge in [0.25, 0.3) is 0 Å². The van der Waals surface area contributed by atoms with E-state index in [0.29, 0.717) is 19.1 Å². The molecule has 43 heavy (non-hydrogen) atoms. The second kappa shape index (κ2) is 13.8. The molecular weight excluding hydrogens is 543 g/mol. The summed E-state index contributed by atoms with van der Waals surface area (Å²) in [7, 11) is 4.03. The van der Waals surface area contributed by atoms with Gasteiger partial charge in [0.2, 0.25) is 5.91 Å². The lowest BCUT2D eigenvalue weighted by atomic mass is 9.79. The number of carbonyl (C=O) groups is 1. The van der Waals surface area contributed by atoms with Crippen molar-refractivity contribution >= 4 is 12.1 Å². The van der Waals surface area contributed by atoms with E-state index in [4.69, 9.17) is 10.5 Å². The molecule has 238 valence electrons. The third-order valence-electron chi connectivity index (χ3n) is 10.9. The maximum atomic E-state index is 14.5. The van der Waals surface area contributed by atoms with Crippen molar-refractivity contribution in [3.8, 4) is 0 Å². The molecule has 4 aliphatic heterocycles. The molecule has 4 aliphatic rings. The van der Waals surface area contributed by atoms with Crippen molar-refractivity contribution in [1.29, 1.82) is 0 Å². The number of morpholine rings is 1. The summed E-state index contributed by atoms with van der Waals surface area (Å²) in [6, 6.07) is 9.54. The van der Waals surface area contributed by atoms with E-state index in [9.17, 15) is 9.18 Å². The summed E-state index contributed by atoms with van der Waals surface area (Å²) in [5, 5.41) is 6.89. The molecule has 0 bridgehead atoms. The van der Waals surface area contributed by atoms with E-state index in [0.717, 1.165) is 42.7 Å². The Bertz CT molecular complexity index is 1170. The largest absolute Gasteiger partial charge is 0.378 e. The van der Waals surface area contributed by atoms with Crippen LogP contribution in [0.1, 0.15) is 76.0 Å². The Morgan fingerprint density at radius 2 is 1.95 bits per heavy atom. The molecule has 8 nitrogen and oxygen atoms in total. The van der Waals surface area contributed by atoms with Gasteiger partial charge in [-0.2, -0.15) is 0 Å². The van der Waals surface area contributed by atoms with Crippen LogP contribution < -0.4 is 16.4 Å². The summed E-state index contributed by atoms with van der Waals surface area (Å²) in [4.78, 5) is 16.6. The standard InChI is InChI=1S/C34H54FN6O2/c1-6-26(35)20-40(5)30-19-27(7-2)37-33(36)32(30)34(42)38-29-21-41(15-8-9-16-41)23(3)18-28(29)24-10-12-25(13-11-24)31-22-43-17-14-39(31)4/h10-13,19-20,23,26,28-33,37H,6-9,14-18,21-22,36H2,1-5H3/q+1/p+1. The molecule has 0 aliphatic carbocycles. The van der Waals surface area contributed by atoms with Crippen LogP contribution in [0.2, 0.25) is 0 Å². The van der Waals surface area contributed by atoms with Crippen LogP contribution in [-0.2, 0) is 9.53 Å². The Morgan fingerprint density at radius 3 is 2.60 bits per heavy atom. The van der Waals surface area contributed by atoms with E-state index in [1.165, 1.54) is 37.1 Å². The molecule has 0 aromatic heterocycles. The lowest BCUT2D eigenvalue weighted by Crippen LogP contribution is -2.66. The lowest BCUT2D eigenvalue weighted by molar-refractivity contribution is -0.944. The number of amides is 1. The van der Waals surface area contributed by atoms with Gasteiger partial charge in [-0.1, -0.05) is 38.1 Å². The summed E-state index contributed by atoms with van der Waals surface area (Å²) >= 11 is 0. The maximum Gasteiger partial charge on any atom is 0.234 e. The summed E-state index contributed by atoms with van der Waals surface area (Å²) in [5.74, 6) is -0.384. The van der Waals surface area contributed by atoms with Gasteiger partial charge in [0.1, 0.15) is 13.0 Å². The Kier molecular flexibility index (Phi) is 10.3. The Morgan fingerprint density at radius 1 is 1.26 bits per heavy atom. The van der Waals surface area contributed by atoms with Crippen LogP contribution in [0.5, 0.6) is 0 Å². The van der Waals surface area contributed by atoms with Crippen molar-refractivity contribution in [2.24, 2.45) is 11.7 Å². The number of ether oxygens (including phenoxy) is 1. The normalized spacial score (nSPS) is 34.0. The van der Waals surface area contributed by atoms with Crippen molar-refractivity contribution in [2.45, 2.75) is 95.3 Å². The fourth-order valence-electron chi connectivity index (χ4n) is 8.08. The van der Waals surface area contributed by atoms with Crippen molar-refractivity contribution in [2.75, 3.05) is 53.5 Å². The number of halogens is 1. The van der Waals surface area contributed by atoms with Gasteiger partial charge in [-0.05, 0) is 37.9 Å². The predicted octanol–water partition coefficient (Wildman–Crippen LogP) is 3.29. The lowest BCUT2D eigenvalue weighted by Gasteiger charge is -2.50. The molecule has 4 N–H and O–H groups in total. The number of hydrogen-bond acceptors (Lipinski definition) is 5. The fraction of sp³-hybridized carbons (Fsp3) is 0.706. The number of nitrogens with one attached hydrogen (secondary N) is 2. The van der Waals surface area contributed by atoms with Crippen LogP contribution >= 0.6 is 0 Å². The van der Waals surface area contributed by atoms with Gasteiger partial charge in [-0.15, -0.1) is 0 Å². The highest BCUT2D eigenvalue weighted by atomic mass is 19.1. The number of nitrogens with two attached hydrogens (primary N) is 1. The molecule has 4 heterocycles. The second-order valence-electron chi connectivity index (χ2n) is 13.6. The molecule has 3 fully saturated rings. The van der Waals surface area contributed by atoms with E-state index in [1.54, 1.807) is 6.21 Å². The highest BCUT2D eigenvalue weighted by molar-refractivity contribution is 5.81. The third kappa shape index (κ3) is 6.85. The quantitative estimate of drug-likeness (QED) is 0.243. The number of rotatable bonds is 8. The number of carbonyl (C=O) groups excluding carboxylic acids is 1. The molecule has 8 atom stereocenters. The average Bonchev–Trinajstić information content (AvgIpc) is 3.47. The number of nitrogens with zero attached hydrogens (tertiary/aromatic N) is 3. The van der Waals surface area contributed by atoms with Gasteiger partial charge >= 0.3 is 0 Å². The molecule has 1 amide bonds. The van der Waals surface area contributed by atoms with Crippen molar-refractivity contribution in [3.63, 3.8) is 0 Å². The van der Waals surface area contributed by atoms with Gasteiger partial charge in [0.05, 0.1) is 57.1 Å². The smallest absolute Gasteiger partial charge is 0.234 e. The van der Waals surface area contributed by atoms with E-state index >= 15 is 0 Å². The summed E-state index contributed by atoms with van der Waals surface area (Å²) in [6.45, 7) is 12.0. The Hall–Kier alpha value is -2.33. The van der Waals surface area contributed by atoms with E-state index < -0.39 is 18.3 Å². The van der Waals surface area contributed by atoms with Gasteiger partial charge in [0, 0.05) is 43.5 Å². The first-order valence-electron chi connectivity index (χ1n) is 16.6. The molecule has 0 radical (unpaired) electrons. The van der Waals surface area contributed by atoms with E-state index in [1.807, 2.05) is 18.5 Å². The minimum atomic E-state index is -1.06. The van der Waals surface area contributed by atoms with E-state index in [2.05, 4.69) is 66.8 Å². The topological polar surface area (TPSA) is 82.6 Å². The number of hydrogen-bond donors (Lipinski definition) is 3. The highest BCUT2D eigenvalue weighted by Crippen LogP contribution is 2.40. The van der Waals surface area contributed by atoms with Crippen LogP contribution in [0.3, 0.4) is 0 Å². The third-order valence-corrected chi connectivity index (χ3v) is 10.9. The number of likely N-dealkylation sites (N-methyl/N-ethyl adjacent to an activating group) is 2. The molecule has 8 unspecified atom stereocenters. The van der Waals surface area contributed by atoms with Gasteiger partial charge in [-0.3, -0.25) is 9.69 Å². The van der Waals surface area contributed by atoms with E-state index in [-0.39, 0.29) is 30.0 Å². The van der Waals surface area contributed by atoms with Crippen LogP contribution in [0, 0.1) is 5.92 Å². The first kappa shape index (κ1) is 32.1. The van der Waals surface area contributed by atoms with Gasteiger partial charge in [-0.25, -0.2) is 8.97 Å². The van der Waals surface area contributed by atoms with Crippen LogP contribution in [0.15, 0.2) is 36.0 Å². The SMILES string of the molecule is CCC1=CC([N+](C)=CC(F)CC)C(C(=O)NC2C[N+]3(CCCC3)C(C)CC2c2ccc(C3COCCN3C)cc2)C(N)N1. The molecule has 5 rings (SSSR count). The summed E-state index contributed by atoms with van der Waals surface area (Å²) in [5.41, 5.74) is 10.2. The Balaban J connectivity index is 1.42.